The van der Waals surface area contributed by atoms with E-state index in [4.69, 9.17) is 4.74 Å². The SMILES string of the molecule is CCNC(=O)c1ccc(-n2nnc(C(=O)NC3CC3)c2C)c(OC)c1. The molecule has 1 fully saturated rings. The zero-order chi connectivity index (χ0) is 18.0. The summed E-state index contributed by atoms with van der Waals surface area (Å²) in [7, 11) is 1.52. The van der Waals surface area contributed by atoms with Crippen molar-refractivity contribution in [3.63, 3.8) is 0 Å². The summed E-state index contributed by atoms with van der Waals surface area (Å²) in [5, 5.41) is 13.7. The molecule has 3 rings (SSSR count). The minimum Gasteiger partial charge on any atom is -0.494 e. The Labute approximate surface area is 145 Å². The van der Waals surface area contributed by atoms with Crippen LogP contribution in [0.5, 0.6) is 5.75 Å². The number of nitrogens with one attached hydrogen (secondary N) is 2. The molecule has 0 spiro atoms. The van der Waals surface area contributed by atoms with E-state index in [9.17, 15) is 9.59 Å². The van der Waals surface area contributed by atoms with Gasteiger partial charge in [-0.25, -0.2) is 4.68 Å². The van der Waals surface area contributed by atoms with Gasteiger partial charge in [-0.15, -0.1) is 5.10 Å². The molecule has 0 bridgehead atoms. The highest BCUT2D eigenvalue weighted by Gasteiger charge is 2.27. The second kappa shape index (κ2) is 6.92. The molecule has 1 aliphatic rings. The van der Waals surface area contributed by atoms with Crippen LogP contribution in [0.1, 0.15) is 46.3 Å². The van der Waals surface area contributed by atoms with E-state index in [0.717, 1.165) is 12.8 Å². The molecule has 0 aliphatic heterocycles. The summed E-state index contributed by atoms with van der Waals surface area (Å²) in [5.41, 5.74) is 2.02. The first-order chi connectivity index (χ1) is 12.0. The van der Waals surface area contributed by atoms with Crippen LogP contribution < -0.4 is 15.4 Å². The lowest BCUT2D eigenvalue weighted by Crippen LogP contribution is -2.26. The fourth-order valence-corrected chi connectivity index (χ4v) is 2.51. The molecule has 1 aromatic carbocycles. The molecular weight excluding hydrogens is 322 g/mol. The lowest BCUT2D eigenvalue weighted by Gasteiger charge is -2.11. The highest BCUT2D eigenvalue weighted by molar-refractivity contribution is 5.95. The number of ether oxygens (including phenoxy) is 1. The Hall–Kier alpha value is -2.90. The number of carbonyl (C=O) groups excluding carboxylic acids is 2. The van der Waals surface area contributed by atoms with Gasteiger partial charge in [0.15, 0.2) is 5.69 Å². The number of benzene rings is 1. The highest BCUT2D eigenvalue weighted by atomic mass is 16.5. The number of nitrogens with zero attached hydrogens (tertiary/aromatic N) is 3. The van der Waals surface area contributed by atoms with Crippen LogP contribution in [0.2, 0.25) is 0 Å². The predicted molar refractivity (Wildman–Crippen MR) is 91.1 cm³/mol. The van der Waals surface area contributed by atoms with Crippen LogP contribution >= 0.6 is 0 Å². The van der Waals surface area contributed by atoms with Crippen LogP contribution in [-0.4, -0.2) is 46.5 Å². The van der Waals surface area contributed by atoms with Gasteiger partial charge in [0, 0.05) is 18.2 Å². The standard InChI is InChI=1S/C17H21N5O3/c1-4-18-16(23)11-5-8-13(14(9-11)25-3)22-10(2)15(20-21-22)17(24)19-12-6-7-12/h5,8-9,12H,4,6-7H2,1-3H3,(H,18,23)(H,19,24). The van der Waals surface area contributed by atoms with E-state index in [1.807, 2.05) is 6.92 Å². The quantitative estimate of drug-likeness (QED) is 0.822. The van der Waals surface area contributed by atoms with E-state index in [-0.39, 0.29) is 17.9 Å². The summed E-state index contributed by atoms with van der Waals surface area (Å²) in [6, 6.07) is 5.32. The molecule has 1 saturated carbocycles. The summed E-state index contributed by atoms with van der Waals surface area (Å²) >= 11 is 0. The summed E-state index contributed by atoms with van der Waals surface area (Å²) in [6.07, 6.45) is 2.02. The molecule has 2 amide bonds. The van der Waals surface area contributed by atoms with Gasteiger partial charge in [0.05, 0.1) is 12.8 Å². The second-order valence-corrected chi connectivity index (χ2v) is 5.93. The summed E-state index contributed by atoms with van der Waals surface area (Å²) in [6.45, 7) is 4.18. The van der Waals surface area contributed by atoms with Crippen LogP contribution in [0, 0.1) is 6.92 Å². The Morgan fingerprint density at radius 1 is 1.32 bits per heavy atom. The number of hydrogen-bond acceptors (Lipinski definition) is 5. The molecule has 1 aromatic heterocycles. The Kier molecular flexibility index (Phi) is 4.69. The Balaban J connectivity index is 1.92. The topological polar surface area (TPSA) is 98.1 Å². The minimum absolute atomic E-state index is 0.174. The fourth-order valence-electron chi connectivity index (χ4n) is 2.51. The van der Waals surface area contributed by atoms with E-state index in [1.54, 1.807) is 29.8 Å². The first-order valence-corrected chi connectivity index (χ1v) is 8.25. The van der Waals surface area contributed by atoms with Gasteiger partial charge < -0.3 is 15.4 Å². The van der Waals surface area contributed by atoms with Gasteiger partial charge in [-0.1, -0.05) is 5.21 Å². The minimum atomic E-state index is -0.218. The van der Waals surface area contributed by atoms with Crippen molar-refractivity contribution in [2.24, 2.45) is 0 Å². The highest BCUT2D eigenvalue weighted by Crippen LogP contribution is 2.26. The number of amides is 2. The lowest BCUT2D eigenvalue weighted by atomic mass is 10.1. The molecule has 0 unspecified atom stereocenters. The zero-order valence-electron chi connectivity index (χ0n) is 14.5. The van der Waals surface area contributed by atoms with E-state index in [1.165, 1.54) is 7.11 Å². The van der Waals surface area contributed by atoms with E-state index in [2.05, 4.69) is 20.9 Å². The van der Waals surface area contributed by atoms with Gasteiger partial charge in [-0.2, -0.15) is 0 Å². The van der Waals surface area contributed by atoms with Crippen molar-refractivity contribution in [3.8, 4) is 11.4 Å². The molecule has 0 radical (unpaired) electrons. The van der Waals surface area contributed by atoms with Gasteiger partial charge in [-0.3, -0.25) is 9.59 Å². The van der Waals surface area contributed by atoms with E-state index < -0.39 is 0 Å². The Morgan fingerprint density at radius 3 is 2.72 bits per heavy atom. The van der Waals surface area contributed by atoms with E-state index in [0.29, 0.717) is 34.9 Å². The van der Waals surface area contributed by atoms with E-state index >= 15 is 0 Å². The molecular formula is C17H21N5O3. The molecule has 25 heavy (non-hydrogen) atoms. The summed E-state index contributed by atoms with van der Waals surface area (Å²) in [4.78, 5) is 24.2. The first-order valence-electron chi connectivity index (χ1n) is 8.25. The number of methoxy groups -OCH3 is 1. The normalized spacial score (nSPS) is 13.4. The molecule has 8 nitrogen and oxygen atoms in total. The van der Waals surface area contributed by atoms with Gasteiger partial charge in [0.2, 0.25) is 0 Å². The van der Waals surface area contributed by atoms with Crippen molar-refractivity contribution in [3.05, 3.63) is 35.2 Å². The van der Waals surface area contributed by atoms with Crippen LogP contribution in [0.4, 0.5) is 0 Å². The number of aromatic nitrogens is 3. The number of hydrogen-bond donors (Lipinski definition) is 2. The first kappa shape index (κ1) is 16.9. The molecule has 1 heterocycles. The molecule has 2 N–H and O–H groups in total. The Bertz CT molecular complexity index is 811. The summed E-state index contributed by atoms with van der Waals surface area (Å²) < 4.78 is 6.94. The van der Waals surface area contributed by atoms with Crippen LogP contribution in [0.3, 0.4) is 0 Å². The largest absolute Gasteiger partial charge is 0.494 e. The molecule has 0 saturated heterocycles. The third-order valence-electron chi connectivity index (χ3n) is 4.03. The van der Waals surface area contributed by atoms with Crippen LogP contribution in [-0.2, 0) is 0 Å². The molecule has 8 heteroatoms. The summed E-state index contributed by atoms with van der Waals surface area (Å²) in [5.74, 6) is 0.0854. The molecule has 132 valence electrons. The molecule has 2 aromatic rings. The van der Waals surface area contributed by atoms with Crippen molar-refractivity contribution in [2.45, 2.75) is 32.7 Å². The van der Waals surface area contributed by atoms with Crippen LogP contribution in [0.25, 0.3) is 5.69 Å². The van der Waals surface area contributed by atoms with Gasteiger partial charge in [0.1, 0.15) is 11.4 Å². The molecule has 0 atom stereocenters. The number of carbonyl (C=O) groups is 2. The van der Waals surface area contributed by atoms with Gasteiger partial charge >= 0.3 is 0 Å². The average Bonchev–Trinajstić information content (AvgIpc) is 3.34. The maximum atomic E-state index is 12.2. The van der Waals surface area contributed by atoms with Crippen molar-refractivity contribution in [2.75, 3.05) is 13.7 Å². The van der Waals surface area contributed by atoms with Gasteiger partial charge in [-0.05, 0) is 44.9 Å². The van der Waals surface area contributed by atoms with Crippen molar-refractivity contribution >= 4 is 11.8 Å². The van der Waals surface area contributed by atoms with Crippen molar-refractivity contribution in [1.29, 1.82) is 0 Å². The smallest absolute Gasteiger partial charge is 0.273 e. The fraction of sp³-hybridized carbons (Fsp3) is 0.412. The maximum Gasteiger partial charge on any atom is 0.273 e. The van der Waals surface area contributed by atoms with Gasteiger partial charge in [0.25, 0.3) is 11.8 Å². The van der Waals surface area contributed by atoms with Crippen molar-refractivity contribution in [1.82, 2.24) is 25.6 Å². The monoisotopic (exact) mass is 343 g/mol. The average molecular weight is 343 g/mol. The third-order valence-corrected chi connectivity index (χ3v) is 4.03. The zero-order valence-corrected chi connectivity index (χ0v) is 14.5. The van der Waals surface area contributed by atoms with Crippen molar-refractivity contribution < 1.29 is 14.3 Å². The lowest BCUT2D eigenvalue weighted by molar-refractivity contribution is 0.0940. The molecule has 1 aliphatic carbocycles. The Morgan fingerprint density at radius 2 is 2.08 bits per heavy atom. The predicted octanol–water partition coefficient (Wildman–Crippen LogP) is 1.23. The number of rotatable bonds is 6. The third kappa shape index (κ3) is 3.47. The maximum absolute atomic E-state index is 12.2. The van der Waals surface area contributed by atoms with Crippen LogP contribution in [0.15, 0.2) is 18.2 Å². The second-order valence-electron chi connectivity index (χ2n) is 5.93.